The third-order valence-electron chi connectivity index (χ3n) is 8.47. The molecule has 0 fully saturated rings. The van der Waals surface area contributed by atoms with E-state index in [-0.39, 0.29) is 54.1 Å². The molecular weight excluding hydrogens is 639 g/mol. The van der Waals surface area contributed by atoms with E-state index in [9.17, 15) is 27.9 Å². The quantitative estimate of drug-likeness (QED) is 0.243. The Labute approximate surface area is 285 Å². The maximum atomic E-state index is 14.3. The highest BCUT2D eigenvalue weighted by atomic mass is 19.4. The predicted molar refractivity (Wildman–Crippen MR) is 182 cm³/mol. The van der Waals surface area contributed by atoms with Gasteiger partial charge in [-0.05, 0) is 100 Å². The van der Waals surface area contributed by atoms with Gasteiger partial charge in [-0.3, -0.25) is 14.7 Å². The number of anilines is 2. The zero-order valence-corrected chi connectivity index (χ0v) is 28.4. The maximum absolute atomic E-state index is 14.3. The first-order valence-electron chi connectivity index (χ1n) is 16.5. The summed E-state index contributed by atoms with van der Waals surface area (Å²) in [5.41, 5.74) is 0.939. The van der Waals surface area contributed by atoms with Crippen molar-refractivity contribution in [1.29, 1.82) is 0 Å². The number of rotatable bonds is 8. The Kier molecular flexibility index (Phi) is 13.4. The molecule has 0 saturated heterocycles. The molecule has 1 aliphatic heterocycles. The van der Waals surface area contributed by atoms with Gasteiger partial charge in [0, 0.05) is 55.9 Å². The molecule has 1 aliphatic rings. The summed E-state index contributed by atoms with van der Waals surface area (Å²) >= 11 is 0. The smallest absolute Gasteiger partial charge is 0.416 e. The average molecular weight is 686 g/mol. The van der Waals surface area contributed by atoms with Gasteiger partial charge in [0.15, 0.2) is 0 Å². The van der Waals surface area contributed by atoms with Crippen LogP contribution in [0.2, 0.25) is 0 Å². The number of halogens is 3. The van der Waals surface area contributed by atoms with Crippen LogP contribution in [0, 0.1) is 5.92 Å². The number of aromatic nitrogens is 1. The van der Waals surface area contributed by atoms with E-state index < -0.39 is 23.8 Å². The number of ether oxygens (including phenoxy) is 2. The molecule has 3 N–H and O–H groups in total. The van der Waals surface area contributed by atoms with E-state index in [1.54, 1.807) is 36.4 Å². The monoisotopic (exact) mass is 685 g/mol. The number of aliphatic hydroxyl groups excluding tert-OH is 1. The van der Waals surface area contributed by atoms with Gasteiger partial charge in [-0.1, -0.05) is 6.92 Å². The highest BCUT2D eigenvalue weighted by Crippen LogP contribution is 2.31. The van der Waals surface area contributed by atoms with Crippen molar-refractivity contribution in [3.63, 3.8) is 0 Å². The van der Waals surface area contributed by atoms with E-state index in [0.29, 0.717) is 25.4 Å². The SMILES string of the molecule is C[C@@H]1CCCCO[C@@H](CN(C)Cc2ccncc2)[C@@H](C)CN([C@H](C)CO)C(=O)c2cc(NC(=O)Nc3ccc(C(F)(F)F)cc3)ccc2O1. The number of benzene rings is 2. The van der Waals surface area contributed by atoms with E-state index >= 15 is 0 Å². The Bertz CT molecular complexity index is 1510. The predicted octanol–water partition coefficient (Wildman–Crippen LogP) is 6.67. The number of alkyl halides is 3. The summed E-state index contributed by atoms with van der Waals surface area (Å²) in [6.07, 6.45) is 1.03. The molecular formula is C36H46F3N5O5. The fraction of sp³-hybridized carbons (Fsp3) is 0.472. The number of pyridine rings is 1. The van der Waals surface area contributed by atoms with Crippen LogP contribution in [0.4, 0.5) is 29.3 Å². The Morgan fingerprint density at radius 2 is 1.73 bits per heavy atom. The molecule has 4 atom stereocenters. The number of carbonyl (C=O) groups is 2. The van der Waals surface area contributed by atoms with Crippen molar-refractivity contribution in [1.82, 2.24) is 14.8 Å². The Hall–Kier alpha value is -4.20. The van der Waals surface area contributed by atoms with Gasteiger partial charge >= 0.3 is 12.2 Å². The van der Waals surface area contributed by atoms with Gasteiger partial charge in [0.2, 0.25) is 0 Å². The van der Waals surface area contributed by atoms with E-state index in [1.807, 2.05) is 33.0 Å². The number of likely N-dealkylation sites (N-methyl/N-ethyl adjacent to an activating group) is 1. The zero-order chi connectivity index (χ0) is 35.6. The summed E-state index contributed by atoms with van der Waals surface area (Å²) in [5.74, 6) is -0.154. The number of hydrogen-bond donors (Lipinski definition) is 3. The van der Waals surface area contributed by atoms with Gasteiger partial charge in [0.05, 0.1) is 36.0 Å². The van der Waals surface area contributed by atoms with Gasteiger partial charge in [0.25, 0.3) is 5.91 Å². The molecule has 10 nitrogen and oxygen atoms in total. The third kappa shape index (κ3) is 11.2. The normalized spacial score (nSPS) is 20.1. The van der Waals surface area contributed by atoms with Crippen molar-refractivity contribution in [3.8, 4) is 5.75 Å². The summed E-state index contributed by atoms with van der Waals surface area (Å²) < 4.78 is 51.5. The summed E-state index contributed by atoms with van der Waals surface area (Å²) in [6, 6.07) is 11.5. The summed E-state index contributed by atoms with van der Waals surface area (Å²) in [6.45, 7) is 7.63. The number of amides is 3. The standard InChI is InChI=1S/C36H46F3N5O5/c1-24-20-44(25(2)23-45)34(46)31-19-30(42-35(47)41-29-10-8-28(9-11-29)36(37,38)39)12-13-32(31)49-26(3)7-5-6-18-48-33(24)22-43(4)21-27-14-16-40-17-15-27/h8-17,19,24-26,33,45H,5-7,18,20-23H2,1-4H3,(H2,41,42,47)/t24-,25+,26+,33-/m0/s1. The van der Waals surface area contributed by atoms with Crippen LogP contribution in [0.15, 0.2) is 67.0 Å². The van der Waals surface area contributed by atoms with Crippen molar-refractivity contribution in [2.45, 2.75) is 71.0 Å². The van der Waals surface area contributed by atoms with E-state index in [0.717, 1.165) is 49.1 Å². The number of nitrogens with zero attached hydrogens (tertiary/aromatic N) is 3. The second-order valence-corrected chi connectivity index (χ2v) is 12.7. The minimum absolute atomic E-state index is 0.111. The van der Waals surface area contributed by atoms with Gasteiger partial charge in [-0.2, -0.15) is 13.2 Å². The molecule has 3 amide bonds. The third-order valence-corrected chi connectivity index (χ3v) is 8.47. The maximum Gasteiger partial charge on any atom is 0.416 e. The number of nitrogens with one attached hydrogen (secondary N) is 2. The van der Waals surface area contributed by atoms with Crippen LogP contribution < -0.4 is 15.4 Å². The van der Waals surface area contributed by atoms with Crippen molar-refractivity contribution in [2.24, 2.45) is 5.92 Å². The fourth-order valence-electron chi connectivity index (χ4n) is 5.67. The molecule has 2 heterocycles. The van der Waals surface area contributed by atoms with Crippen LogP contribution in [-0.2, 0) is 17.5 Å². The molecule has 0 saturated carbocycles. The zero-order valence-electron chi connectivity index (χ0n) is 28.4. The van der Waals surface area contributed by atoms with E-state index in [4.69, 9.17) is 9.47 Å². The van der Waals surface area contributed by atoms with Crippen LogP contribution >= 0.6 is 0 Å². The molecule has 2 aromatic carbocycles. The van der Waals surface area contributed by atoms with Gasteiger partial charge < -0.3 is 30.1 Å². The second-order valence-electron chi connectivity index (χ2n) is 12.7. The summed E-state index contributed by atoms with van der Waals surface area (Å²) in [4.78, 5) is 35.0. The Balaban J connectivity index is 1.57. The Morgan fingerprint density at radius 1 is 1.06 bits per heavy atom. The van der Waals surface area contributed by atoms with Crippen molar-refractivity contribution in [3.05, 3.63) is 83.7 Å². The molecule has 0 bridgehead atoms. The first kappa shape index (κ1) is 37.6. The fourth-order valence-corrected chi connectivity index (χ4v) is 5.67. The lowest BCUT2D eigenvalue weighted by Gasteiger charge is -2.36. The topological polar surface area (TPSA) is 116 Å². The lowest BCUT2D eigenvalue weighted by atomic mass is 10.0. The largest absolute Gasteiger partial charge is 0.490 e. The van der Waals surface area contributed by atoms with Crippen molar-refractivity contribution >= 4 is 23.3 Å². The van der Waals surface area contributed by atoms with Crippen LogP contribution in [-0.4, -0.2) is 83.4 Å². The first-order chi connectivity index (χ1) is 23.3. The summed E-state index contributed by atoms with van der Waals surface area (Å²) in [7, 11) is 2.03. The van der Waals surface area contributed by atoms with Crippen LogP contribution in [0.1, 0.15) is 61.5 Å². The lowest BCUT2D eigenvalue weighted by Crippen LogP contribution is -2.47. The average Bonchev–Trinajstić information content (AvgIpc) is 3.06. The summed E-state index contributed by atoms with van der Waals surface area (Å²) in [5, 5.41) is 15.4. The highest BCUT2D eigenvalue weighted by molar-refractivity contribution is 6.02. The molecule has 3 aromatic rings. The van der Waals surface area contributed by atoms with Crippen molar-refractivity contribution < 1.29 is 37.3 Å². The number of hydrogen-bond acceptors (Lipinski definition) is 7. The molecule has 49 heavy (non-hydrogen) atoms. The number of aliphatic hydroxyl groups is 1. The number of urea groups is 1. The minimum Gasteiger partial charge on any atom is -0.490 e. The molecule has 0 radical (unpaired) electrons. The Morgan fingerprint density at radius 3 is 2.41 bits per heavy atom. The molecule has 0 unspecified atom stereocenters. The van der Waals surface area contributed by atoms with Crippen LogP contribution in [0.25, 0.3) is 0 Å². The van der Waals surface area contributed by atoms with Crippen LogP contribution in [0.3, 0.4) is 0 Å². The molecule has 0 spiro atoms. The number of fused-ring (bicyclic) bond motifs is 1. The van der Waals surface area contributed by atoms with E-state index in [2.05, 4.69) is 20.5 Å². The van der Waals surface area contributed by atoms with Crippen molar-refractivity contribution in [2.75, 3.05) is 44.0 Å². The number of carbonyl (C=O) groups excluding carboxylic acids is 2. The first-order valence-corrected chi connectivity index (χ1v) is 16.5. The minimum atomic E-state index is -4.49. The lowest BCUT2D eigenvalue weighted by molar-refractivity contribution is -0.137. The molecule has 4 rings (SSSR count). The molecule has 1 aromatic heterocycles. The van der Waals surface area contributed by atoms with Crippen LogP contribution in [0.5, 0.6) is 5.75 Å². The second kappa shape index (κ2) is 17.5. The highest BCUT2D eigenvalue weighted by Gasteiger charge is 2.31. The molecule has 266 valence electrons. The van der Waals surface area contributed by atoms with Gasteiger partial charge in [-0.25, -0.2) is 4.79 Å². The van der Waals surface area contributed by atoms with Gasteiger partial charge in [0.1, 0.15) is 5.75 Å². The van der Waals surface area contributed by atoms with Gasteiger partial charge in [-0.15, -0.1) is 0 Å². The molecule has 13 heteroatoms. The van der Waals surface area contributed by atoms with E-state index in [1.165, 1.54) is 6.07 Å². The molecule has 0 aliphatic carbocycles.